The van der Waals surface area contributed by atoms with Crippen LogP contribution in [0.4, 0.5) is 5.69 Å². The maximum absolute atomic E-state index is 11.8. The molecule has 2 rings (SSSR count). The van der Waals surface area contributed by atoms with E-state index in [2.05, 4.69) is 35.9 Å². The number of nitrogens with two attached hydrogens (primary N) is 1. The van der Waals surface area contributed by atoms with E-state index < -0.39 is 0 Å². The third-order valence-electron chi connectivity index (χ3n) is 2.30. The van der Waals surface area contributed by atoms with Crippen LogP contribution >= 0.6 is 15.9 Å². The van der Waals surface area contributed by atoms with Gasteiger partial charge in [0, 0.05) is 28.7 Å². The first kappa shape index (κ1) is 12.6. The van der Waals surface area contributed by atoms with Crippen molar-refractivity contribution in [3.63, 3.8) is 0 Å². The van der Waals surface area contributed by atoms with E-state index in [9.17, 15) is 4.79 Å². The normalized spacial score (nSPS) is 10.3. The first-order valence-electron chi connectivity index (χ1n) is 5.25. The van der Waals surface area contributed by atoms with Crippen LogP contribution in [-0.4, -0.2) is 22.6 Å². The largest absolute Gasteiger partial charge is 0.398 e. The molecular weight excluding hydrogens is 300 g/mol. The molecule has 1 amide bonds. The van der Waals surface area contributed by atoms with Crippen LogP contribution < -0.4 is 11.1 Å². The number of hydrogen-bond acceptors (Lipinski definition) is 5. The molecule has 0 unspecified atom stereocenters. The fourth-order valence-electron chi connectivity index (χ4n) is 1.38. The molecule has 1 aromatic heterocycles. The molecule has 0 aliphatic heterocycles. The predicted octanol–water partition coefficient (Wildman–Crippen LogP) is 1.39. The molecule has 0 bridgehead atoms. The Bertz CT molecular complexity index is 542. The summed E-state index contributed by atoms with van der Waals surface area (Å²) in [6, 6.07) is 5.06. The number of anilines is 1. The fraction of sp³-hybridized carbons (Fsp3) is 0.182. The fourth-order valence-corrected chi connectivity index (χ4v) is 1.62. The van der Waals surface area contributed by atoms with Gasteiger partial charge in [0.1, 0.15) is 0 Å². The summed E-state index contributed by atoms with van der Waals surface area (Å²) < 4.78 is 5.36. The molecule has 0 saturated heterocycles. The van der Waals surface area contributed by atoms with Crippen molar-refractivity contribution in [2.75, 3.05) is 12.3 Å². The van der Waals surface area contributed by atoms with Crippen LogP contribution in [0, 0.1) is 0 Å². The lowest BCUT2D eigenvalue weighted by atomic mass is 10.2. The van der Waals surface area contributed by atoms with Crippen LogP contribution in [0.1, 0.15) is 16.2 Å². The second-order valence-electron chi connectivity index (χ2n) is 3.59. The van der Waals surface area contributed by atoms with E-state index in [0.717, 1.165) is 4.47 Å². The van der Waals surface area contributed by atoms with Crippen molar-refractivity contribution in [1.82, 2.24) is 15.5 Å². The van der Waals surface area contributed by atoms with Crippen molar-refractivity contribution in [3.05, 3.63) is 40.5 Å². The molecule has 18 heavy (non-hydrogen) atoms. The van der Waals surface area contributed by atoms with Crippen molar-refractivity contribution in [1.29, 1.82) is 0 Å². The molecule has 0 aliphatic rings. The number of halogens is 1. The number of hydrogen-bond donors (Lipinski definition) is 2. The molecule has 1 heterocycles. The van der Waals surface area contributed by atoms with E-state index in [0.29, 0.717) is 30.0 Å². The van der Waals surface area contributed by atoms with E-state index in [-0.39, 0.29) is 5.91 Å². The zero-order valence-electron chi connectivity index (χ0n) is 9.39. The van der Waals surface area contributed by atoms with Crippen molar-refractivity contribution in [3.8, 4) is 0 Å². The van der Waals surface area contributed by atoms with Gasteiger partial charge < -0.3 is 15.6 Å². The van der Waals surface area contributed by atoms with Gasteiger partial charge in [0.05, 0.1) is 0 Å². The summed E-state index contributed by atoms with van der Waals surface area (Å²) in [6.07, 6.45) is 1.78. The highest BCUT2D eigenvalue weighted by Crippen LogP contribution is 2.19. The Morgan fingerprint density at radius 1 is 1.50 bits per heavy atom. The van der Waals surface area contributed by atoms with Crippen molar-refractivity contribution < 1.29 is 9.32 Å². The monoisotopic (exact) mass is 310 g/mol. The molecule has 0 atom stereocenters. The van der Waals surface area contributed by atoms with Gasteiger partial charge in [0.25, 0.3) is 5.91 Å². The van der Waals surface area contributed by atoms with Gasteiger partial charge in [-0.25, -0.2) is 0 Å². The van der Waals surface area contributed by atoms with Gasteiger partial charge in [-0.05, 0) is 34.1 Å². The zero-order chi connectivity index (χ0) is 13.0. The summed E-state index contributed by atoms with van der Waals surface area (Å²) in [5.74, 6) is 0.378. The van der Waals surface area contributed by atoms with Gasteiger partial charge in [0.15, 0.2) is 5.82 Å². The van der Waals surface area contributed by atoms with Crippen LogP contribution in [0.3, 0.4) is 0 Å². The number of nitrogens with one attached hydrogen (secondary N) is 1. The lowest BCUT2D eigenvalue weighted by Crippen LogP contribution is -2.26. The SMILES string of the molecule is Nc1cc(C(=O)NCCc2ncon2)ccc1Br. The van der Waals surface area contributed by atoms with E-state index in [4.69, 9.17) is 5.73 Å². The van der Waals surface area contributed by atoms with Gasteiger partial charge in [-0.1, -0.05) is 5.16 Å². The summed E-state index contributed by atoms with van der Waals surface area (Å²) in [5.41, 5.74) is 6.75. The maximum atomic E-state index is 11.8. The Labute approximate surface area is 112 Å². The van der Waals surface area contributed by atoms with Crippen LogP contribution in [0.2, 0.25) is 0 Å². The maximum Gasteiger partial charge on any atom is 0.251 e. The highest BCUT2D eigenvalue weighted by Gasteiger charge is 2.07. The van der Waals surface area contributed by atoms with E-state index >= 15 is 0 Å². The molecule has 0 spiro atoms. The molecule has 2 aromatic rings. The van der Waals surface area contributed by atoms with Gasteiger partial charge in [-0.15, -0.1) is 0 Å². The Morgan fingerprint density at radius 2 is 2.33 bits per heavy atom. The summed E-state index contributed by atoms with van der Waals surface area (Å²) in [7, 11) is 0. The highest BCUT2D eigenvalue weighted by atomic mass is 79.9. The van der Waals surface area contributed by atoms with Crippen molar-refractivity contribution in [2.24, 2.45) is 0 Å². The molecule has 7 heteroatoms. The van der Waals surface area contributed by atoms with Gasteiger partial charge >= 0.3 is 0 Å². The molecule has 0 aliphatic carbocycles. The second-order valence-corrected chi connectivity index (χ2v) is 4.44. The lowest BCUT2D eigenvalue weighted by molar-refractivity contribution is 0.0954. The molecule has 1 aromatic carbocycles. The average molecular weight is 311 g/mol. The standard InChI is InChI=1S/C11H11BrN4O2/c12-8-2-1-7(5-9(8)13)11(17)14-4-3-10-15-6-18-16-10/h1-2,5-6H,3-4,13H2,(H,14,17). The first-order chi connectivity index (χ1) is 8.66. The Balaban J connectivity index is 1.89. The predicted molar refractivity (Wildman–Crippen MR) is 68.9 cm³/mol. The van der Waals surface area contributed by atoms with Crippen LogP contribution in [0.25, 0.3) is 0 Å². The van der Waals surface area contributed by atoms with Crippen LogP contribution in [0.5, 0.6) is 0 Å². The van der Waals surface area contributed by atoms with Crippen LogP contribution in [-0.2, 0) is 6.42 Å². The first-order valence-corrected chi connectivity index (χ1v) is 6.04. The summed E-state index contributed by atoms with van der Waals surface area (Å²) >= 11 is 3.27. The van der Waals surface area contributed by atoms with Crippen molar-refractivity contribution in [2.45, 2.75) is 6.42 Å². The molecular formula is C11H11BrN4O2. The number of nitrogen functional groups attached to an aromatic ring is 1. The molecule has 3 N–H and O–H groups in total. The van der Waals surface area contributed by atoms with E-state index in [1.165, 1.54) is 6.39 Å². The quantitative estimate of drug-likeness (QED) is 0.832. The lowest BCUT2D eigenvalue weighted by Gasteiger charge is -2.05. The molecule has 0 fully saturated rings. The van der Waals surface area contributed by atoms with E-state index in [1.807, 2.05) is 0 Å². The minimum Gasteiger partial charge on any atom is -0.398 e. The highest BCUT2D eigenvalue weighted by molar-refractivity contribution is 9.10. The third-order valence-corrected chi connectivity index (χ3v) is 3.02. The summed E-state index contributed by atoms with van der Waals surface area (Å²) in [6.45, 7) is 0.439. The smallest absolute Gasteiger partial charge is 0.251 e. The number of amides is 1. The summed E-state index contributed by atoms with van der Waals surface area (Å²) in [4.78, 5) is 15.6. The number of carbonyl (C=O) groups excluding carboxylic acids is 1. The third kappa shape index (κ3) is 3.07. The topological polar surface area (TPSA) is 94.0 Å². The Hall–Kier alpha value is -1.89. The second kappa shape index (κ2) is 5.63. The summed E-state index contributed by atoms with van der Waals surface area (Å²) in [5, 5.41) is 6.40. The van der Waals surface area contributed by atoms with Gasteiger partial charge in [-0.2, -0.15) is 4.98 Å². The van der Waals surface area contributed by atoms with Gasteiger partial charge in [0.2, 0.25) is 6.39 Å². The molecule has 0 radical (unpaired) electrons. The molecule has 0 saturated carbocycles. The molecule has 6 nitrogen and oxygen atoms in total. The number of rotatable bonds is 4. The van der Waals surface area contributed by atoms with E-state index in [1.54, 1.807) is 18.2 Å². The van der Waals surface area contributed by atoms with Crippen molar-refractivity contribution >= 4 is 27.5 Å². The molecule has 94 valence electrons. The van der Waals surface area contributed by atoms with Gasteiger partial charge in [-0.3, -0.25) is 4.79 Å². The number of benzene rings is 1. The van der Waals surface area contributed by atoms with Crippen LogP contribution in [0.15, 0.2) is 33.6 Å². The number of aromatic nitrogens is 2. The average Bonchev–Trinajstić information content (AvgIpc) is 2.85. The number of nitrogens with zero attached hydrogens (tertiary/aromatic N) is 2. The zero-order valence-corrected chi connectivity index (χ0v) is 11.0. The number of carbonyl (C=O) groups is 1. The Kier molecular flexibility index (Phi) is 3.93. The minimum absolute atomic E-state index is 0.183. The minimum atomic E-state index is -0.183. The Morgan fingerprint density at radius 3 is 3.00 bits per heavy atom.